The Balaban J connectivity index is 1.46. The molecule has 0 spiro atoms. The largest absolute Gasteiger partial charge is 0.493 e. The van der Waals surface area contributed by atoms with Crippen molar-refractivity contribution in [2.24, 2.45) is 0 Å². The molecular weight excluding hydrogens is 418 g/mol. The van der Waals surface area contributed by atoms with Gasteiger partial charge in [-0.2, -0.15) is 0 Å². The van der Waals surface area contributed by atoms with Gasteiger partial charge in [0.2, 0.25) is 0 Å². The van der Waals surface area contributed by atoms with Crippen LogP contribution >= 0.6 is 0 Å². The summed E-state index contributed by atoms with van der Waals surface area (Å²) < 4.78 is 15.1. The monoisotopic (exact) mass is 439 g/mol. The second-order valence-corrected chi connectivity index (χ2v) is 6.62. The second-order valence-electron chi connectivity index (χ2n) is 6.62. The van der Waals surface area contributed by atoms with E-state index < -0.39 is 30.9 Å². The van der Waals surface area contributed by atoms with Crippen molar-refractivity contribution in [1.82, 2.24) is 15.8 Å². The minimum Gasteiger partial charge on any atom is -0.493 e. The summed E-state index contributed by atoms with van der Waals surface area (Å²) in [5.74, 6) is -1.74. The van der Waals surface area contributed by atoms with Gasteiger partial charge in [0.1, 0.15) is 6.54 Å². The molecule has 10 nitrogen and oxygen atoms in total. The number of methoxy groups -OCH3 is 2. The third kappa shape index (κ3) is 4.69. The number of nitrogens with zero attached hydrogens (tertiary/aromatic N) is 1. The smallest absolute Gasteiger partial charge is 0.326 e. The summed E-state index contributed by atoms with van der Waals surface area (Å²) in [5.41, 5.74) is 6.03. The number of carbonyl (C=O) groups excluding carboxylic acids is 4. The Hall–Kier alpha value is -4.34. The zero-order valence-corrected chi connectivity index (χ0v) is 17.5. The molecule has 2 aromatic rings. The Kier molecular flexibility index (Phi) is 6.74. The molecule has 0 aliphatic carbocycles. The molecule has 0 aromatic heterocycles. The molecule has 3 rings (SSSR count). The Morgan fingerprint density at radius 2 is 1.66 bits per heavy atom. The lowest BCUT2D eigenvalue weighted by molar-refractivity contribution is -0.148. The van der Waals surface area contributed by atoms with E-state index >= 15 is 0 Å². The van der Waals surface area contributed by atoms with Crippen LogP contribution < -0.4 is 20.3 Å². The van der Waals surface area contributed by atoms with Gasteiger partial charge in [0.15, 0.2) is 18.1 Å². The quantitative estimate of drug-likeness (QED) is 0.490. The van der Waals surface area contributed by atoms with E-state index in [-0.39, 0.29) is 11.5 Å². The summed E-state index contributed by atoms with van der Waals surface area (Å²) in [6, 6.07) is 11.3. The Labute approximate surface area is 183 Å². The topological polar surface area (TPSA) is 123 Å². The number of fused-ring (bicyclic) bond motifs is 1. The summed E-state index contributed by atoms with van der Waals surface area (Å²) in [5, 5.41) is 0. The summed E-state index contributed by atoms with van der Waals surface area (Å²) in [6.45, 7) is 2.79. The minimum absolute atomic E-state index is 0.213. The normalized spacial score (nSPS) is 12.1. The van der Waals surface area contributed by atoms with Crippen molar-refractivity contribution in [3.8, 4) is 11.5 Å². The van der Waals surface area contributed by atoms with Gasteiger partial charge < -0.3 is 14.2 Å². The van der Waals surface area contributed by atoms with Gasteiger partial charge in [0.05, 0.1) is 14.2 Å². The molecule has 0 fully saturated rings. The Morgan fingerprint density at radius 3 is 2.31 bits per heavy atom. The lowest BCUT2D eigenvalue weighted by Gasteiger charge is -2.16. The van der Waals surface area contributed by atoms with Crippen LogP contribution in [-0.2, 0) is 14.3 Å². The number of amides is 3. The fraction of sp³-hybridized carbons (Fsp3) is 0.182. The summed E-state index contributed by atoms with van der Waals surface area (Å²) in [4.78, 5) is 49.7. The van der Waals surface area contributed by atoms with E-state index in [1.54, 1.807) is 30.3 Å². The average Bonchev–Trinajstić information content (AvgIpc) is 3.05. The highest BCUT2D eigenvalue weighted by Crippen LogP contribution is 2.30. The highest BCUT2D eigenvalue weighted by Gasteiger charge is 2.32. The fourth-order valence-corrected chi connectivity index (χ4v) is 3.03. The average molecular weight is 439 g/mol. The summed E-state index contributed by atoms with van der Waals surface area (Å²) in [7, 11) is 2.90. The van der Waals surface area contributed by atoms with Crippen LogP contribution in [0.25, 0.3) is 5.70 Å². The third-order valence-electron chi connectivity index (χ3n) is 4.65. The van der Waals surface area contributed by atoms with Crippen molar-refractivity contribution < 1.29 is 33.4 Å². The minimum atomic E-state index is -0.798. The number of benzene rings is 2. The molecule has 32 heavy (non-hydrogen) atoms. The summed E-state index contributed by atoms with van der Waals surface area (Å²) in [6.07, 6.45) is 0. The second kappa shape index (κ2) is 9.65. The van der Waals surface area contributed by atoms with Gasteiger partial charge in [0.25, 0.3) is 17.7 Å². The predicted octanol–water partition coefficient (Wildman–Crippen LogP) is 1.13. The molecule has 0 unspecified atom stereocenters. The maximum absolute atomic E-state index is 12.4. The van der Waals surface area contributed by atoms with Gasteiger partial charge in [-0.1, -0.05) is 24.8 Å². The van der Waals surface area contributed by atoms with Crippen molar-refractivity contribution in [1.29, 1.82) is 0 Å². The third-order valence-corrected chi connectivity index (χ3v) is 4.65. The van der Waals surface area contributed by atoms with Crippen LogP contribution in [0.2, 0.25) is 0 Å². The maximum atomic E-state index is 12.4. The number of esters is 1. The SMILES string of the molecule is C=C1c2ccccc2C(=O)N1CC(=O)OCC(=O)NNC(=O)c1ccc(OC)c(OC)c1. The van der Waals surface area contributed by atoms with Gasteiger partial charge >= 0.3 is 5.97 Å². The van der Waals surface area contributed by atoms with Crippen LogP contribution in [-0.4, -0.2) is 56.0 Å². The lowest BCUT2D eigenvalue weighted by atomic mass is 10.1. The van der Waals surface area contributed by atoms with Crippen molar-refractivity contribution in [3.05, 3.63) is 65.7 Å². The van der Waals surface area contributed by atoms with Crippen molar-refractivity contribution in [3.63, 3.8) is 0 Å². The first-order valence-corrected chi connectivity index (χ1v) is 9.42. The van der Waals surface area contributed by atoms with Crippen molar-refractivity contribution >= 4 is 29.4 Å². The zero-order chi connectivity index (χ0) is 23.3. The number of rotatable bonds is 7. The molecule has 10 heteroatoms. The highest BCUT2D eigenvalue weighted by atomic mass is 16.5. The molecule has 1 aliphatic heterocycles. The number of hydrogen-bond acceptors (Lipinski definition) is 7. The number of nitrogens with one attached hydrogen (secondary N) is 2. The van der Waals surface area contributed by atoms with Gasteiger partial charge in [-0.3, -0.25) is 34.9 Å². The predicted molar refractivity (Wildman–Crippen MR) is 113 cm³/mol. The fourth-order valence-electron chi connectivity index (χ4n) is 3.03. The number of ether oxygens (including phenoxy) is 3. The molecule has 0 bridgehead atoms. The first kappa shape index (κ1) is 22.3. The van der Waals surface area contributed by atoms with E-state index in [1.165, 1.54) is 31.3 Å². The first-order valence-electron chi connectivity index (χ1n) is 9.42. The highest BCUT2D eigenvalue weighted by molar-refractivity contribution is 6.10. The van der Waals surface area contributed by atoms with Crippen LogP contribution in [0.3, 0.4) is 0 Å². The van der Waals surface area contributed by atoms with Crippen LogP contribution in [0, 0.1) is 0 Å². The van der Waals surface area contributed by atoms with Crippen LogP contribution in [0.15, 0.2) is 49.0 Å². The van der Waals surface area contributed by atoms with Crippen molar-refractivity contribution in [2.75, 3.05) is 27.4 Å². The van der Waals surface area contributed by atoms with E-state index in [9.17, 15) is 19.2 Å². The standard InChI is InChI=1S/C22H21N3O7/c1-13-15-6-4-5-7-16(15)22(29)25(13)11-20(27)32-12-19(26)23-24-21(28)14-8-9-17(30-2)18(10-14)31-3/h4-10H,1,11-12H2,2-3H3,(H,23,26)(H,24,28). The number of carbonyl (C=O) groups is 4. The number of hydrogen-bond donors (Lipinski definition) is 2. The van der Waals surface area contributed by atoms with Gasteiger partial charge in [-0.25, -0.2) is 0 Å². The molecular formula is C22H21N3O7. The Bertz CT molecular complexity index is 1060. The van der Waals surface area contributed by atoms with Gasteiger partial charge in [-0.05, 0) is 24.3 Å². The van der Waals surface area contributed by atoms with Crippen LogP contribution in [0.4, 0.5) is 0 Å². The first-order chi connectivity index (χ1) is 15.3. The van der Waals surface area contributed by atoms with Gasteiger partial charge in [-0.15, -0.1) is 0 Å². The van der Waals surface area contributed by atoms with E-state index in [0.717, 1.165) is 0 Å². The maximum Gasteiger partial charge on any atom is 0.326 e. The lowest BCUT2D eigenvalue weighted by Crippen LogP contribution is -2.44. The molecule has 166 valence electrons. The molecule has 3 amide bonds. The van der Waals surface area contributed by atoms with E-state index in [2.05, 4.69) is 17.4 Å². The molecule has 0 saturated carbocycles. The van der Waals surface area contributed by atoms with Gasteiger partial charge in [0, 0.05) is 22.4 Å². The summed E-state index contributed by atoms with van der Waals surface area (Å²) >= 11 is 0. The van der Waals surface area contributed by atoms with Crippen molar-refractivity contribution in [2.45, 2.75) is 0 Å². The molecule has 1 heterocycles. The van der Waals surface area contributed by atoms with Crippen LogP contribution in [0.5, 0.6) is 11.5 Å². The zero-order valence-electron chi connectivity index (χ0n) is 17.5. The molecule has 0 saturated heterocycles. The van der Waals surface area contributed by atoms with E-state index in [4.69, 9.17) is 14.2 Å². The molecule has 2 aromatic carbocycles. The van der Waals surface area contributed by atoms with E-state index in [0.29, 0.717) is 28.3 Å². The van der Waals surface area contributed by atoms with E-state index in [1.807, 2.05) is 0 Å². The number of hydrazine groups is 1. The molecule has 1 aliphatic rings. The molecule has 0 radical (unpaired) electrons. The Morgan fingerprint density at radius 1 is 0.969 bits per heavy atom. The molecule has 0 atom stereocenters. The van der Waals surface area contributed by atoms with Crippen LogP contribution in [0.1, 0.15) is 26.3 Å². The molecule has 2 N–H and O–H groups in total.